The molecule has 1 fully saturated rings. The molecule has 0 aliphatic carbocycles. The van der Waals surface area contributed by atoms with E-state index in [0.717, 1.165) is 19.3 Å². The Morgan fingerprint density at radius 2 is 1.67 bits per heavy atom. The molecular weight excluding hydrogens is 266 g/mol. The van der Waals surface area contributed by atoms with E-state index in [2.05, 4.69) is 39.5 Å². The fourth-order valence-corrected chi connectivity index (χ4v) is 3.45. The van der Waals surface area contributed by atoms with E-state index in [0.29, 0.717) is 13.2 Å². The van der Waals surface area contributed by atoms with E-state index >= 15 is 0 Å². The number of aliphatic hydroxyl groups excluding tert-OH is 2. The van der Waals surface area contributed by atoms with E-state index in [1.807, 2.05) is 13.8 Å². The zero-order valence-electron chi connectivity index (χ0n) is 14.9. The van der Waals surface area contributed by atoms with Gasteiger partial charge in [-0.2, -0.15) is 0 Å². The summed E-state index contributed by atoms with van der Waals surface area (Å²) >= 11 is 0. The van der Waals surface area contributed by atoms with Gasteiger partial charge in [0.05, 0.1) is 24.4 Å². The largest absolute Gasteiger partial charge is 0.393 e. The minimum Gasteiger partial charge on any atom is -0.393 e. The molecule has 21 heavy (non-hydrogen) atoms. The van der Waals surface area contributed by atoms with Crippen molar-refractivity contribution < 1.29 is 14.9 Å². The van der Waals surface area contributed by atoms with Gasteiger partial charge in [0, 0.05) is 17.6 Å². The first-order chi connectivity index (χ1) is 9.39. The van der Waals surface area contributed by atoms with Crippen LogP contribution in [0.3, 0.4) is 0 Å². The smallest absolute Gasteiger partial charge is 0.0900 e. The summed E-state index contributed by atoms with van der Waals surface area (Å²) in [6.07, 6.45) is 1.63. The SMILES string of the molecule is CCC(C)(C)OC[C@@H](O)CN1C(C)(C)CC(O)CC1(C)C. The monoisotopic (exact) mass is 301 g/mol. The number of nitrogens with zero attached hydrogens (tertiary/aromatic N) is 1. The highest BCUT2D eigenvalue weighted by atomic mass is 16.5. The van der Waals surface area contributed by atoms with E-state index < -0.39 is 6.10 Å². The molecule has 1 rings (SSSR count). The van der Waals surface area contributed by atoms with Crippen LogP contribution < -0.4 is 0 Å². The van der Waals surface area contributed by atoms with Gasteiger partial charge in [-0.05, 0) is 60.8 Å². The van der Waals surface area contributed by atoms with E-state index in [9.17, 15) is 10.2 Å². The number of hydrogen-bond acceptors (Lipinski definition) is 4. The van der Waals surface area contributed by atoms with Crippen LogP contribution in [0.2, 0.25) is 0 Å². The summed E-state index contributed by atoms with van der Waals surface area (Å²) in [5.41, 5.74) is -0.436. The van der Waals surface area contributed by atoms with Crippen LogP contribution in [0.4, 0.5) is 0 Å². The van der Waals surface area contributed by atoms with Crippen LogP contribution in [-0.2, 0) is 4.74 Å². The molecule has 0 aromatic heterocycles. The van der Waals surface area contributed by atoms with Crippen molar-refractivity contribution in [1.82, 2.24) is 4.90 Å². The molecule has 0 aromatic carbocycles. The molecule has 1 heterocycles. The van der Waals surface area contributed by atoms with Gasteiger partial charge in [0.1, 0.15) is 0 Å². The molecule has 0 bridgehead atoms. The Balaban J connectivity index is 2.66. The van der Waals surface area contributed by atoms with Gasteiger partial charge in [0.25, 0.3) is 0 Å². The second-order valence-electron chi connectivity index (χ2n) is 8.38. The Labute approximate surface area is 130 Å². The second-order valence-corrected chi connectivity index (χ2v) is 8.38. The Kier molecular flexibility index (Phi) is 5.87. The zero-order valence-corrected chi connectivity index (χ0v) is 14.9. The van der Waals surface area contributed by atoms with Crippen LogP contribution in [0.15, 0.2) is 0 Å². The maximum atomic E-state index is 10.4. The third-order valence-corrected chi connectivity index (χ3v) is 4.84. The predicted molar refractivity (Wildman–Crippen MR) is 86.4 cm³/mol. The highest BCUT2D eigenvalue weighted by Crippen LogP contribution is 2.38. The molecule has 0 unspecified atom stereocenters. The first-order valence-corrected chi connectivity index (χ1v) is 8.17. The van der Waals surface area contributed by atoms with Crippen molar-refractivity contribution in [1.29, 1.82) is 0 Å². The van der Waals surface area contributed by atoms with Crippen molar-refractivity contribution in [3.8, 4) is 0 Å². The quantitative estimate of drug-likeness (QED) is 0.792. The molecule has 4 nitrogen and oxygen atoms in total. The summed E-state index contributed by atoms with van der Waals surface area (Å²) in [6, 6.07) is 0. The molecule has 1 saturated heterocycles. The van der Waals surface area contributed by atoms with Gasteiger partial charge in [0.15, 0.2) is 0 Å². The maximum absolute atomic E-state index is 10.4. The van der Waals surface area contributed by atoms with Crippen LogP contribution >= 0.6 is 0 Å². The first kappa shape index (κ1) is 18.9. The summed E-state index contributed by atoms with van der Waals surface area (Å²) in [5, 5.41) is 20.4. The first-order valence-electron chi connectivity index (χ1n) is 8.17. The molecule has 0 amide bonds. The van der Waals surface area contributed by atoms with Crippen molar-refractivity contribution in [2.45, 2.75) is 96.6 Å². The van der Waals surface area contributed by atoms with Crippen molar-refractivity contribution in [2.75, 3.05) is 13.2 Å². The van der Waals surface area contributed by atoms with Gasteiger partial charge in [-0.15, -0.1) is 0 Å². The minimum atomic E-state index is -0.510. The highest BCUT2D eigenvalue weighted by Gasteiger charge is 2.45. The molecule has 1 aliphatic rings. The van der Waals surface area contributed by atoms with E-state index in [4.69, 9.17) is 4.74 Å². The molecule has 0 radical (unpaired) electrons. The minimum absolute atomic E-state index is 0.123. The molecule has 1 aliphatic heterocycles. The Bertz CT molecular complexity index is 321. The van der Waals surface area contributed by atoms with E-state index in [1.165, 1.54) is 0 Å². The summed E-state index contributed by atoms with van der Waals surface area (Å²) in [7, 11) is 0. The number of aliphatic hydroxyl groups is 2. The lowest BCUT2D eigenvalue weighted by molar-refractivity contribution is -0.117. The van der Waals surface area contributed by atoms with Crippen LogP contribution in [0.1, 0.15) is 67.7 Å². The van der Waals surface area contributed by atoms with Gasteiger partial charge < -0.3 is 14.9 Å². The van der Waals surface area contributed by atoms with Crippen LogP contribution in [0, 0.1) is 0 Å². The van der Waals surface area contributed by atoms with Gasteiger partial charge in [-0.25, -0.2) is 0 Å². The highest BCUT2D eigenvalue weighted by molar-refractivity contribution is 5.00. The Morgan fingerprint density at radius 3 is 2.10 bits per heavy atom. The summed E-state index contributed by atoms with van der Waals surface area (Å²) in [6.45, 7) is 15.7. The van der Waals surface area contributed by atoms with Crippen LogP contribution in [0.5, 0.6) is 0 Å². The van der Waals surface area contributed by atoms with Crippen molar-refractivity contribution >= 4 is 0 Å². The van der Waals surface area contributed by atoms with Gasteiger partial charge in [-0.1, -0.05) is 6.92 Å². The third kappa shape index (κ3) is 5.20. The lowest BCUT2D eigenvalue weighted by atomic mass is 9.78. The van der Waals surface area contributed by atoms with Gasteiger partial charge >= 0.3 is 0 Å². The normalized spacial score (nSPS) is 25.0. The fourth-order valence-electron chi connectivity index (χ4n) is 3.45. The Hall–Kier alpha value is -0.160. The van der Waals surface area contributed by atoms with Gasteiger partial charge in [0.2, 0.25) is 0 Å². The second kappa shape index (κ2) is 6.53. The average molecular weight is 301 g/mol. The summed E-state index contributed by atoms with van der Waals surface area (Å²) in [5.74, 6) is 0. The topological polar surface area (TPSA) is 52.9 Å². The molecule has 2 N–H and O–H groups in total. The lowest BCUT2D eigenvalue weighted by Crippen LogP contribution is -2.63. The summed E-state index contributed by atoms with van der Waals surface area (Å²) in [4.78, 5) is 2.32. The zero-order chi connectivity index (χ0) is 16.5. The van der Waals surface area contributed by atoms with Gasteiger partial charge in [-0.3, -0.25) is 4.90 Å². The number of ether oxygens (including phenoxy) is 1. The molecule has 126 valence electrons. The third-order valence-electron chi connectivity index (χ3n) is 4.84. The molecular formula is C17H35NO3. The number of likely N-dealkylation sites (tertiary alicyclic amines) is 1. The molecule has 0 saturated carbocycles. The van der Waals surface area contributed by atoms with E-state index in [1.54, 1.807) is 0 Å². The number of hydrogen-bond donors (Lipinski definition) is 2. The van der Waals surface area contributed by atoms with E-state index in [-0.39, 0.29) is 22.8 Å². The molecule has 4 heteroatoms. The van der Waals surface area contributed by atoms with Crippen LogP contribution in [0.25, 0.3) is 0 Å². The molecule has 0 spiro atoms. The lowest BCUT2D eigenvalue weighted by Gasteiger charge is -2.55. The van der Waals surface area contributed by atoms with Crippen molar-refractivity contribution in [2.24, 2.45) is 0 Å². The number of piperidine rings is 1. The van der Waals surface area contributed by atoms with Crippen molar-refractivity contribution in [3.63, 3.8) is 0 Å². The standard InChI is InChI=1S/C17H35NO3/c1-8-17(6,7)21-12-14(20)11-18-15(2,3)9-13(19)10-16(18,4)5/h13-14,19-20H,8-12H2,1-7H3/t14-/m0/s1. The fraction of sp³-hybridized carbons (Fsp3) is 1.00. The molecule has 0 aromatic rings. The van der Waals surface area contributed by atoms with Crippen LogP contribution in [-0.4, -0.2) is 57.2 Å². The molecule has 1 atom stereocenters. The maximum Gasteiger partial charge on any atom is 0.0900 e. The summed E-state index contributed by atoms with van der Waals surface area (Å²) < 4.78 is 5.81. The number of rotatable bonds is 6. The average Bonchev–Trinajstić information content (AvgIpc) is 2.30. The number of β-amino-alcohol motifs (C(OH)–C–C–N with tert-alkyl or cyclic N) is 1. The Morgan fingerprint density at radius 1 is 1.19 bits per heavy atom. The predicted octanol–water partition coefficient (Wildman–Crippen LogP) is 2.57. The van der Waals surface area contributed by atoms with Crippen molar-refractivity contribution in [3.05, 3.63) is 0 Å².